The van der Waals surface area contributed by atoms with Gasteiger partial charge in [-0.25, -0.2) is 4.98 Å². The summed E-state index contributed by atoms with van der Waals surface area (Å²) >= 11 is 0. The van der Waals surface area contributed by atoms with Crippen molar-refractivity contribution in [1.82, 2.24) is 19.9 Å². The average Bonchev–Trinajstić information content (AvgIpc) is 3.29. The van der Waals surface area contributed by atoms with Gasteiger partial charge >= 0.3 is 0 Å². The number of aryl methyl sites for hydroxylation is 1. The first-order chi connectivity index (χ1) is 16.2. The zero-order valence-electron chi connectivity index (χ0n) is 19.4. The molecule has 2 aromatic carbocycles. The van der Waals surface area contributed by atoms with Crippen LogP contribution in [0.5, 0.6) is 0 Å². The highest BCUT2D eigenvalue weighted by Gasteiger charge is 2.31. The van der Waals surface area contributed by atoms with E-state index < -0.39 is 0 Å². The van der Waals surface area contributed by atoms with Gasteiger partial charge in [-0.3, -0.25) is 9.88 Å². The summed E-state index contributed by atoms with van der Waals surface area (Å²) in [5.41, 5.74) is 12.3. The fourth-order valence-electron chi connectivity index (χ4n) is 5.15. The quantitative estimate of drug-likeness (QED) is 0.399. The van der Waals surface area contributed by atoms with Crippen molar-refractivity contribution in [3.05, 3.63) is 95.6 Å². The maximum absolute atomic E-state index is 6.33. The Kier molecular flexibility index (Phi) is 6.25. The Morgan fingerprint density at radius 1 is 1.06 bits per heavy atom. The van der Waals surface area contributed by atoms with Gasteiger partial charge in [-0.05, 0) is 55.0 Å². The second kappa shape index (κ2) is 9.46. The third-order valence-electron chi connectivity index (χ3n) is 7.27. The van der Waals surface area contributed by atoms with Gasteiger partial charge in [0.15, 0.2) is 0 Å². The summed E-state index contributed by atoms with van der Waals surface area (Å²) in [6.45, 7) is 4.61. The van der Waals surface area contributed by atoms with Gasteiger partial charge < -0.3 is 10.7 Å². The average molecular weight is 440 g/mol. The molecule has 1 aliphatic carbocycles. The molecule has 0 saturated carbocycles. The molecular formula is C28H33N5. The van der Waals surface area contributed by atoms with E-state index in [2.05, 4.69) is 77.5 Å². The second-order valence-corrected chi connectivity index (χ2v) is 9.51. The van der Waals surface area contributed by atoms with E-state index in [4.69, 9.17) is 15.7 Å². The first kappa shape index (κ1) is 21.8. The van der Waals surface area contributed by atoms with Gasteiger partial charge in [-0.1, -0.05) is 55.5 Å². The van der Waals surface area contributed by atoms with Crippen LogP contribution in [0.1, 0.15) is 54.9 Å². The summed E-state index contributed by atoms with van der Waals surface area (Å²) < 4.78 is 0. The molecule has 0 fully saturated rings. The minimum absolute atomic E-state index is 0.0744. The molecule has 2 aromatic heterocycles. The van der Waals surface area contributed by atoms with Gasteiger partial charge in [0.2, 0.25) is 0 Å². The number of aromatic amines is 1. The molecule has 5 rings (SSSR count). The zero-order valence-corrected chi connectivity index (χ0v) is 19.4. The van der Waals surface area contributed by atoms with Gasteiger partial charge in [0.05, 0.1) is 29.3 Å². The number of para-hydroxylation sites is 2. The lowest BCUT2D eigenvalue weighted by Gasteiger charge is -2.37. The van der Waals surface area contributed by atoms with Crippen LogP contribution in [0, 0.1) is 0 Å². The van der Waals surface area contributed by atoms with Crippen molar-refractivity contribution in [3.8, 4) is 0 Å². The lowest BCUT2D eigenvalue weighted by atomic mass is 9.79. The maximum Gasteiger partial charge on any atom is 0.121 e. The highest BCUT2D eigenvalue weighted by molar-refractivity contribution is 5.74. The molecule has 0 bridgehead atoms. The first-order valence-electron chi connectivity index (χ1n) is 12.0. The molecule has 4 aromatic rings. The van der Waals surface area contributed by atoms with Crippen molar-refractivity contribution >= 4 is 11.0 Å². The summed E-state index contributed by atoms with van der Waals surface area (Å²) in [7, 11) is 0. The van der Waals surface area contributed by atoms with E-state index in [0.29, 0.717) is 12.6 Å². The van der Waals surface area contributed by atoms with E-state index in [9.17, 15) is 0 Å². The number of nitrogens with one attached hydrogen (secondary N) is 1. The van der Waals surface area contributed by atoms with Crippen LogP contribution >= 0.6 is 0 Å². The summed E-state index contributed by atoms with van der Waals surface area (Å²) in [5, 5.41) is 0. The Morgan fingerprint density at radius 3 is 2.70 bits per heavy atom. The maximum atomic E-state index is 6.33. The normalized spacial score (nSPS) is 17.7. The van der Waals surface area contributed by atoms with Crippen molar-refractivity contribution in [2.24, 2.45) is 5.73 Å². The molecule has 33 heavy (non-hydrogen) atoms. The van der Waals surface area contributed by atoms with Crippen molar-refractivity contribution in [2.45, 2.75) is 50.6 Å². The molecule has 0 amide bonds. The standard InChI is InChI=1S/C28H33N5/c1-28(20-29,22-11-3-2-4-12-22)16-18-33(19-26-31-23-13-5-6-14-24(23)32-26)25-15-7-9-21-10-8-17-30-27(21)25/h2-6,8,10-14,17,25H,7,9,15-16,18-20,29H2,1H3,(H,31,32). The molecule has 170 valence electrons. The van der Waals surface area contributed by atoms with E-state index in [-0.39, 0.29) is 5.41 Å². The predicted octanol–water partition coefficient (Wildman–Crippen LogP) is 5.14. The van der Waals surface area contributed by atoms with Gasteiger partial charge in [0, 0.05) is 24.7 Å². The highest BCUT2D eigenvalue weighted by Crippen LogP contribution is 2.35. The summed E-state index contributed by atoms with van der Waals surface area (Å²) in [6, 6.07) is 23.5. The van der Waals surface area contributed by atoms with Crippen LogP contribution in [0.3, 0.4) is 0 Å². The number of rotatable bonds is 8. The number of fused-ring (bicyclic) bond motifs is 2. The molecule has 2 heterocycles. The van der Waals surface area contributed by atoms with Crippen LogP contribution in [-0.2, 0) is 18.4 Å². The van der Waals surface area contributed by atoms with Gasteiger partial charge in [0.25, 0.3) is 0 Å². The van der Waals surface area contributed by atoms with Gasteiger partial charge in [-0.2, -0.15) is 0 Å². The topological polar surface area (TPSA) is 70.8 Å². The van der Waals surface area contributed by atoms with E-state index in [1.54, 1.807) is 0 Å². The van der Waals surface area contributed by atoms with E-state index in [0.717, 1.165) is 49.2 Å². The summed E-state index contributed by atoms with van der Waals surface area (Å²) in [6.07, 6.45) is 6.33. The molecule has 0 aliphatic heterocycles. The van der Waals surface area contributed by atoms with Crippen molar-refractivity contribution in [2.75, 3.05) is 13.1 Å². The van der Waals surface area contributed by atoms with Crippen LogP contribution in [-0.4, -0.2) is 32.9 Å². The third-order valence-corrected chi connectivity index (χ3v) is 7.27. The molecular weight excluding hydrogens is 406 g/mol. The lowest BCUT2D eigenvalue weighted by Crippen LogP contribution is -2.39. The molecule has 2 unspecified atom stereocenters. The monoisotopic (exact) mass is 439 g/mol. The van der Waals surface area contributed by atoms with E-state index >= 15 is 0 Å². The fourth-order valence-corrected chi connectivity index (χ4v) is 5.15. The van der Waals surface area contributed by atoms with Crippen molar-refractivity contribution < 1.29 is 0 Å². The van der Waals surface area contributed by atoms with Crippen LogP contribution in [0.2, 0.25) is 0 Å². The number of H-pyrrole nitrogens is 1. The highest BCUT2D eigenvalue weighted by atomic mass is 15.2. The second-order valence-electron chi connectivity index (χ2n) is 9.51. The summed E-state index contributed by atoms with van der Waals surface area (Å²) in [5.74, 6) is 1.01. The number of pyridine rings is 1. The fraction of sp³-hybridized carbons (Fsp3) is 0.357. The van der Waals surface area contributed by atoms with Crippen LogP contribution < -0.4 is 5.73 Å². The first-order valence-corrected chi connectivity index (χ1v) is 12.0. The molecule has 0 radical (unpaired) electrons. The Labute approximate surface area is 196 Å². The Balaban J connectivity index is 1.45. The minimum Gasteiger partial charge on any atom is -0.341 e. The molecule has 0 spiro atoms. The predicted molar refractivity (Wildman–Crippen MR) is 134 cm³/mol. The van der Waals surface area contributed by atoms with Crippen molar-refractivity contribution in [3.63, 3.8) is 0 Å². The lowest BCUT2D eigenvalue weighted by molar-refractivity contribution is 0.148. The van der Waals surface area contributed by atoms with E-state index in [1.165, 1.54) is 23.2 Å². The van der Waals surface area contributed by atoms with Gasteiger partial charge in [0.1, 0.15) is 5.82 Å². The SMILES string of the molecule is CC(CN)(CCN(Cc1nc2ccccc2[nH]1)C1CCCc2cccnc21)c1ccccc1. The third kappa shape index (κ3) is 4.56. The molecule has 0 saturated heterocycles. The van der Waals surface area contributed by atoms with Crippen molar-refractivity contribution in [1.29, 1.82) is 0 Å². The molecule has 3 N–H and O–H groups in total. The number of benzene rings is 2. The Bertz CT molecular complexity index is 1170. The van der Waals surface area contributed by atoms with E-state index in [1.807, 2.05) is 12.3 Å². The number of nitrogens with zero attached hydrogens (tertiary/aromatic N) is 3. The largest absolute Gasteiger partial charge is 0.341 e. The minimum atomic E-state index is -0.0744. The molecule has 2 atom stereocenters. The van der Waals surface area contributed by atoms with Crippen LogP contribution in [0.4, 0.5) is 0 Å². The number of hydrogen-bond acceptors (Lipinski definition) is 4. The number of imidazole rings is 1. The Hall–Kier alpha value is -3.02. The molecule has 5 heteroatoms. The van der Waals surface area contributed by atoms with Gasteiger partial charge in [-0.15, -0.1) is 0 Å². The Morgan fingerprint density at radius 2 is 1.88 bits per heavy atom. The number of nitrogens with two attached hydrogens (primary N) is 1. The summed E-state index contributed by atoms with van der Waals surface area (Å²) in [4.78, 5) is 15.8. The number of aromatic nitrogens is 3. The van der Waals surface area contributed by atoms with Crippen LogP contribution in [0.25, 0.3) is 11.0 Å². The smallest absolute Gasteiger partial charge is 0.121 e. The molecule has 1 aliphatic rings. The zero-order chi connectivity index (χ0) is 22.7. The van der Waals surface area contributed by atoms with Crippen LogP contribution in [0.15, 0.2) is 72.9 Å². The number of hydrogen-bond donors (Lipinski definition) is 2. The molecule has 5 nitrogen and oxygen atoms in total.